The molecule has 0 saturated carbocycles. The lowest BCUT2D eigenvalue weighted by atomic mass is 10.3. The number of benzene rings is 1. The molecule has 2 rings (SSSR count). The van der Waals surface area contributed by atoms with Gasteiger partial charge < -0.3 is 4.74 Å². The molecule has 1 aromatic carbocycles. The molecule has 20 heavy (non-hydrogen) atoms. The van der Waals surface area contributed by atoms with E-state index < -0.39 is 4.92 Å². The van der Waals surface area contributed by atoms with Crippen LogP contribution in [-0.4, -0.2) is 16.2 Å². The van der Waals surface area contributed by atoms with Gasteiger partial charge in [0.2, 0.25) is 0 Å². The van der Waals surface area contributed by atoms with E-state index in [1.165, 1.54) is 12.1 Å². The van der Waals surface area contributed by atoms with Crippen LogP contribution in [0.25, 0.3) is 0 Å². The Bertz CT molecular complexity index is 684. The fraction of sp³-hybridized carbons (Fsp3) is 0. The number of nitro benzene ring substituents is 1. The first-order chi connectivity index (χ1) is 9.42. The molecule has 1 heterocycles. The van der Waals surface area contributed by atoms with Gasteiger partial charge in [-0.05, 0) is 31.9 Å². The molecule has 10 heteroatoms. The number of carbonyl (C=O) groups is 1. The number of nitrogens with zero attached hydrogens (tertiary/aromatic N) is 2. The quantitative estimate of drug-likeness (QED) is 0.385. The van der Waals surface area contributed by atoms with Crippen molar-refractivity contribution in [3.63, 3.8) is 0 Å². The van der Waals surface area contributed by atoms with Gasteiger partial charge in [-0.15, -0.1) is 0 Å². The molecule has 0 radical (unpaired) electrons. The van der Waals surface area contributed by atoms with Gasteiger partial charge in [0.05, 0.1) is 13.9 Å². The normalized spacial score (nSPS) is 10.3. The molecular formula is C10H3Br2ClN2O4S. The fourth-order valence-electron chi connectivity index (χ4n) is 1.25. The highest BCUT2D eigenvalue weighted by molar-refractivity contribution is 9.11. The maximum absolute atomic E-state index is 10.7. The second-order valence-electron chi connectivity index (χ2n) is 3.35. The summed E-state index contributed by atoms with van der Waals surface area (Å²) in [6, 6.07) is 2.60. The average Bonchev–Trinajstić information content (AvgIpc) is 2.73. The van der Waals surface area contributed by atoms with Crippen molar-refractivity contribution in [1.29, 1.82) is 0 Å². The number of ether oxygens (including phenoxy) is 1. The Hall–Kier alpha value is -1.03. The van der Waals surface area contributed by atoms with Crippen molar-refractivity contribution in [2.45, 2.75) is 0 Å². The van der Waals surface area contributed by atoms with Crippen molar-refractivity contribution in [2.24, 2.45) is 0 Å². The number of aldehydes is 1. The molecule has 6 nitrogen and oxygen atoms in total. The first-order valence-corrected chi connectivity index (χ1v) is 7.63. The molecule has 0 amide bonds. The van der Waals surface area contributed by atoms with Crippen LogP contribution < -0.4 is 4.74 Å². The highest BCUT2D eigenvalue weighted by Gasteiger charge is 2.18. The third kappa shape index (κ3) is 3.17. The molecule has 104 valence electrons. The summed E-state index contributed by atoms with van der Waals surface area (Å²) in [7, 11) is 0. The zero-order valence-electron chi connectivity index (χ0n) is 9.30. The van der Waals surface area contributed by atoms with E-state index in [1.54, 1.807) is 0 Å². The molecule has 0 aliphatic carbocycles. The Balaban J connectivity index is 2.38. The zero-order valence-corrected chi connectivity index (χ0v) is 14.0. The van der Waals surface area contributed by atoms with Crippen LogP contribution in [0.4, 0.5) is 5.69 Å². The fourth-order valence-corrected chi connectivity index (χ4v) is 3.49. The first kappa shape index (κ1) is 15.4. The third-order valence-electron chi connectivity index (χ3n) is 2.08. The molecule has 2 aromatic rings. The van der Waals surface area contributed by atoms with Crippen LogP contribution >= 0.6 is 54.8 Å². The lowest BCUT2D eigenvalue weighted by molar-refractivity contribution is -0.385. The summed E-state index contributed by atoms with van der Waals surface area (Å²) < 4.78 is 6.23. The SMILES string of the molecule is O=Cc1sc(Oc2c(Br)cc([N+](=O)[O-])cc2Br)nc1Cl. The van der Waals surface area contributed by atoms with Crippen LogP contribution in [0.2, 0.25) is 5.15 Å². The van der Waals surface area contributed by atoms with E-state index in [-0.39, 0.29) is 20.9 Å². The largest absolute Gasteiger partial charge is 0.428 e. The second-order valence-corrected chi connectivity index (χ2v) is 6.41. The molecule has 0 bridgehead atoms. The predicted octanol–water partition coefficient (Wildman–Crippen LogP) is 4.83. The van der Waals surface area contributed by atoms with Crippen molar-refractivity contribution < 1.29 is 14.5 Å². The molecule has 0 spiro atoms. The van der Waals surface area contributed by atoms with Gasteiger partial charge in [-0.1, -0.05) is 22.9 Å². The predicted molar refractivity (Wildman–Crippen MR) is 81.1 cm³/mol. The lowest BCUT2D eigenvalue weighted by Gasteiger charge is -2.06. The minimum absolute atomic E-state index is 0.0501. The summed E-state index contributed by atoms with van der Waals surface area (Å²) >= 11 is 13.1. The zero-order chi connectivity index (χ0) is 14.9. The molecule has 0 aliphatic heterocycles. The van der Waals surface area contributed by atoms with Crippen molar-refractivity contribution >= 4 is 66.8 Å². The minimum atomic E-state index is -0.524. The summed E-state index contributed by atoms with van der Waals surface area (Å²) in [5.74, 6) is 0.304. The van der Waals surface area contributed by atoms with Gasteiger partial charge in [0.15, 0.2) is 17.2 Å². The number of nitro groups is 1. The Morgan fingerprint density at radius 1 is 1.40 bits per heavy atom. The van der Waals surface area contributed by atoms with E-state index in [1.807, 2.05) is 0 Å². The van der Waals surface area contributed by atoms with E-state index in [0.717, 1.165) is 11.3 Å². The van der Waals surface area contributed by atoms with E-state index in [4.69, 9.17) is 16.3 Å². The highest BCUT2D eigenvalue weighted by Crippen LogP contribution is 2.41. The van der Waals surface area contributed by atoms with Gasteiger partial charge >= 0.3 is 0 Å². The first-order valence-electron chi connectivity index (χ1n) is 4.85. The van der Waals surface area contributed by atoms with E-state index in [2.05, 4.69) is 36.8 Å². The molecule has 0 fully saturated rings. The van der Waals surface area contributed by atoms with Gasteiger partial charge in [-0.25, -0.2) is 0 Å². The monoisotopic (exact) mass is 440 g/mol. The smallest absolute Gasteiger partial charge is 0.280 e. The Morgan fingerprint density at radius 3 is 2.45 bits per heavy atom. The molecule has 1 aromatic heterocycles. The standard InChI is InChI=1S/C10H3Br2ClN2O4S/c11-5-1-4(15(17)18)2-6(12)8(5)19-10-14-9(13)7(3-16)20-10/h1-3H. The maximum Gasteiger partial charge on any atom is 0.280 e. The topological polar surface area (TPSA) is 82.3 Å². The number of halogens is 3. The molecular weight excluding hydrogens is 439 g/mol. The number of hydrogen-bond donors (Lipinski definition) is 0. The number of thiazole rings is 1. The van der Waals surface area contributed by atoms with Crippen LogP contribution in [0.3, 0.4) is 0 Å². The number of non-ortho nitro benzene ring substituents is 1. The number of carbonyl (C=O) groups excluding carboxylic acids is 1. The van der Waals surface area contributed by atoms with Gasteiger partial charge in [-0.2, -0.15) is 4.98 Å². The Kier molecular flexibility index (Phi) is 4.74. The van der Waals surface area contributed by atoms with Crippen LogP contribution in [0.15, 0.2) is 21.1 Å². The molecule has 0 N–H and O–H groups in total. The van der Waals surface area contributed by atoms with Gasteiger partial charge in [-0.3, -0.25) is 14.9 Å². The van der Waals surface area contributed by atoms with Crippen molar-refractivity contribution in [3.8, 4) is 10.9 Å². The minimum Gasteiger partial charge on any atom is -0.428 e. The Labute approximate surface area is 138 Å². The Morgan fingerprint density at radius 2 is 2.00 bits per heavy atom. The summed E-state index contributed by atoms with van der Waals surface area (Å²) in [6.45, 7) is 0. The van der Waals surface area contributed by atoms with E-state index in [0.29, 0.717) is 21.0 Å². The van der Waals surface area contributed by atoms with Crippen molar-refractivity contribution in [3.05, 3.63) is 41.2 Å². The maximum atomic E-state index is 10.7. The van der Waals surface area contributed by atoms with Crippen LogP contribution in [-0.2, 0) is 0 Å². The number of rotatable bonds is 4. The van der Waals surface area contributed by atoms with Crippen molar-refractivity contribution in [1.82, 2.24) is 4.98 Å². The van der Waals surface area contributed by atoms with Crippen LogP contribution in [0.5, 0.6) is 10.9 Å². The van der Waals surface area contributed by atoms with E-state index >= 15 is 0 Å². The number of aromatic nitrogens is 1. The summed E-state index contributed by atoms with van der Waals surface area (Å²) in [5.41, 5.74) is -0.0955. The summed E-state index contributed by atoms with van der Waals surface area (Å²) in [6.07, 6.45) is 0.576. The highest BCUT2D eigenvalue weighted by atomic mass is 79.9. The van der Waals surface area contributed by atoms with E-state index in [9.17, 15) is 14.9 Å². The molecule has 0 aliphatic rings. The third-order valence-corrected chi connectivity index (χ3v) is 4.52. The van der Waals surface area contributed by atoms with Crippen LogP contribution in [0.1, 0.15) is 9.67 Å². The summed E-state index contributed by atoms with van der Waals surface area (Å²) in [4.78, 5) is 25.0. The average molecular weight is 442 g/mol. The van der Waals surface area contributed by atoms with Gasteiger partial charge in [0, 0.05) is 12.1 Å². The van der Waals surface area contributed by atoms with Gasteiger partial charge in [0.1, 0.15) is 4.88 Å². The van der Waals surface area contributed by atoms with Crippen LogP contribution in [0, 0.1) is 10.1 Å². The second kappa shape index (κ2) is 6.17. The lowest BCUT2D eigenvalue weighted by Crippen LogP contribution is -1.91. The number of hydrogen-bond acceptors (Lipinski definition) is 6. The summed E-state index contributed by atoms with van der Waals surface area (Å²) in [5, 5.41) is 10.9. The molecule has 0 unspecified atom stereocenters. The molecule has 0 atom stereocenters. The van der Waals surface area contributed by atoms with Gasteiger partial charge in [0.25, 0.3) is 10.9 Å². The molecule has 0 saturated heterocycles. The van der Waals surface area contributed by atoms with Crippen molar-refractivity contribution in [2.75, 3.05) is 0 Å².